The van der Waals surface area contributed by atoms with Crippen LogP contribution in [0.25, 0.3) is 0 Å². The van der Waals surface area contributed by atoms with Crippen LogP contribution >= 0.6 is 11.3 Å². The molecule has 20 heavy (non-hydrogen) atoms. The summed E-state index contributed by atoms with van der Waals surface area (Å²) in [6.45, 7) is 0.315. The highest BCUT2D eigenvalue weighted by atomic mass is 32.1. The number of hydrogen-bond donors (Lipinski definition) is 3. The standard InChI is InChI=1S/C13H11FN2O3S/c14-10-2-1-9(12(17)18)5-11(10)16-13(19)15-6-8-3-4-20-7-8/h1-5,7H,6H2,(H,17,18)(H2,15,16,19). The van der Waals surface area contributed by atoms with E-state index in [1.165, 1.54) is 11.3 Å². The molecule has 1 aromatic carbocycles. The number of carbonyl (C=O) groups excluding carboxylic acids is 1. The molecule has 0 aliphatic rings. The number of anilines is 1. The maximum absolute atomic E-state index is 13.5. The van der Waals surface area contributed by atoms with E-state index in [0.29, 0.717) is 6.54 Å². The van der Waals surface area contributed by atoms with Crippen LogP contribution in [-0.4, -0.2) is 17.1 Å². The first-order valence-electron chi connectivity index (χ1n) is 5.65. The molecule has 2 rings (SSSR count). The molecule has 0 unspecified atom stereocenters. The van der Waals surface area contributed by atoms with E-state index in [1.807, 2.05) is 16.8 Å². The Hall–Kier alpha value is -2.41. The largest absolute Gasteiger partial charge is 0.478 e. The summed E-state index contributed by atoms with van der Waals surface area (Å²) in [7, 11) is 0. The van der Waals surface area contributed by atoms with Crippen LogP contribution in [0.2, 0.25) is 0 Å². The molecule has 3 N–H and O–H groups in total. The van der Waals surface area contributed by atoms with Crippen molar-refractivity contribution in [3.05, 3.63) is 52.0 Å². The van der Waals surface area contributed by atoms with Crippen molar-refractivity contribution >= 4 is 29.0 Å². The van der Waals surface area contributed by atoms with Crippen molar-refractivity contribution < 1.29 is 19.1 Å². The van der Waals surface area contributed by atoms with Crippen LogP contribution in [-0.2, 0) is 6.54 Å². The number of hydrogen-bond acceptors (Lipinski definition) is 3. The zero-order valence-electron chi connectivity index (χ0n) is 10.2. The van der Waals surface area contributed by atoms with Gasteiger partial charge in [-0.3, -0.25) is 0 Å². The zero-order chi connectivity index (χ0) is 14.5. The van der Waals surface area contributed by atoms with E-state index >= 15 is 0 Å². The highest BCUT2D eigenvalue weighted by Gasteiger charge is 2.10. The average Bonchev–Trinajstić information content (AvgIpc) is 2.92. The molecule has 1 heterocycles. The second-order valence-electron chi connectivity index (χ2n) is 3.94. The van der Waals surface area contributed by atoms with Crippen LogP contribution in [0.4, 0.5) is 14.9 Å². The quantitative estimate of drug-likeness (QED) is 0.811. The lowest BCUT2D eigenvalue weighted by molar-refractivity contribution is 0.0697. The van der Waals surface area contributed by atoms with E-state index < -0.39 is 17.8 Å². The molecule has 0 fully saturated rings. The second kappa shape index (κ2) is 6.16. The van der Waals surface area contributed by atoms with Gasteiger partial charge in [0, 0.05) is 6.54 Å². The minimum atomic E-state index is -1.19. The Kier molecular flexibility index (Phi) is 4.31. The van der Waals surface area contributed by atoms with Crippen molar-refractivity contribution in [3.63, 3.8) is 0 Å². The molecule has 0 aliphatic heterocycles. The molecule has 7 heteroatoms. The predicted molar refractivity (Wildman–Crippen MR) is 73.5 cm³/mol. The number of rotatable bonds is 4. The molecule has 0 saturated carbocycles. The van der Waals surface area contributed by atoms with Crippen LogP contribution in [0, 0.1) is 5.82 Å². The van der Waals surface area contributed by atoms with E-state index in [9.17, 15) is 14.0 Å². The van der Waals surface area contributed by atoms with Gasteiger partial charge in [-0.1, -0.05) is 0 Å². The molecule has 1 aromatic heterocycles. The Morgan fingerprint density at radius 1 is 1.30 bits per heavy atom. The maximum Gasteiger partial charge on any atom is 0.335 e. The fourth-order valence-corrected chi connectivity index (χ4v) is 2.16. The zero-order valence-corrected chi connectivity index (χ0v) is 11.0. The molecule has 2 amide bonds. The third-order valence-electron chi connectivity index (χ3n) is 2.49. The number of benzene rings is 1. The summed E-state index contributed by atoms with van der Waals surface area (Å²) in [5.41, 5.74) is 0.664. The van der Waals surface area contributed by atoms with Gasteiger partial charge in [-0.15, -0.1) is 0 Å². The Morgan fingerprint density at radius 3 is 2.75 bits per heavy atom. The molecule has 2 aromatic rings. The monoisotopic (exact) mass is 294 g/mol. The van der Waals surface area contributed by atoms with E-state index in [2.05, 4.69) is 10.6 Å². The van der Waals surface area contributed by atoms with Gasteiger partial charge >= 0.3 is 12.0 Å². The van der Waals surface area contributed by atoms with Crippen molar-refractivity contribution in [2.45, 2.75) is 6.54 Å². The normalized spacial score (nSPS) is 10.1. The molecule has 0 saturated heterocycles. The molecule has 0 radical (unpaired) electrons. The first-order chi connectivity index (χ1) is 9.56. The van der Waals surface area contributed by atoms with Crippen LogP contribution in [0.3, 0.4) is 0 Å². The number of amides is 2. The Labute approximate surface area is 118 Å². The van der Waals surface area contributed by atoms with E-state index in [-0.39, 0.29) is 11.3 Å². The van der Waals surface area contributed by atoms with Crippen LogP contribution in [0.15, 0.2) is 35.0 Å². The van der Waals surface area contributed by atoms with Gasteiger partial charge in [0.05, 0.1) is 11.3 Å². The van der Waals surface area contributed by atoms with Gasteiger partial charge in [-0.05, 0) is 40.6 Å². The fraction of sp³-hybridized carbons (Fsp3) is 0.0769. The molecular formula is C13H11FN2O3S. The summed E-state index contributed by atoms with van der Waals surface area (Å²) < 4.78 is 13.5. The predicted octanol–water partition coefficient (Wildman–Crippen LogP) is 2.91. The van der Waals surface area contributed by atoms with Gasteiger partial charge in [-0.2, -0.15) is 11.3 Å². The third kappa shape index (κ3) is 3.55. The maximum atomic E-state index is 13.5. The number of carboxylic acid groups (broad SMARTS) is 1. The summed E-state index contributed by atoms with van der Waals surface area (Å²) in [5, 5.41) is 17.4. The molecule has 0 aliphatic carbocycles. The lowest BCUT2D eigenvalue weighted by Crippen LogP contribution is -2.28. The number of carboxylic acids is 1. The Morgan fingerprint density at radius 2 is 2.10 bits per heavy atom. The number of carbonyl (C=O) groups is 2. The SMILES string of the molecule is O=C(NCc1ccsc1)Nc1cc(C(=O)O)ccc1F. The molecule has 0 atom stereocenters. The first kappa shape index (κ1) is 14.0. The summed E-state index contributed by atoms with van der Waals surface area (Å²) in [5.74, 6) is -1.88. The molecule has 104 valence electrons. The van der Waals surface area contributed by atoms with Crippen molar-refractivity contribution in [1.29, 1.82) is 0 Å². The number of halogens is 1. The summed E-state index contributed by atoms with van der Waals surface area (Å²) in [6, 6.07) is 4.46. The first-order valence-corrected chi connectivity index (χ1v) is 6.59. The Bertz CT molecular complexity index is 629. The lowest BCUT2D eigenvalue weighted by Gasteiger charge is -2.08. The smallest absolute Gasteiger partial charge is 0.335 e. The minimum Gasteiger partial charge on any atom is -0.478 e. The third-order valence-corrected chi connectivity index (χ3v) is 3.23. The van der Waals surface area contributed by atoms with Crippen LogP contribution in [0.1, 0.15) is 15.9 Å². The van der Waals surface area contributed by atoms with E-state index in [1.54, 1.807) is 0 Å². The van der Waals surface area contributed by atoms with Crippen molar-refractivity contribution in [1.82, 2.24) is 5.32 Å². The molecule has 0 spiro atoms. The Balaban J connectivity index is 2.00. The summed E-state index contributed by atoms with van der Waals surface area (Å²) in [4.78, 5) is 22.4. The van der Waals surface area contributed by atoms with E-state index in [4.69, 9.17) is 5.11 Å². The van der Waals surface area contributed by atoms with Gasteiger partial charge in [-0.25, -0.2) is 14.0 Å². The lowest BCUT2D eigenvalue weighted by atomic mass is 10.2. The topological polar surface area (TPSA) is 78.4 Å². The number of aromatic carboxylic acids is 1. The number of nitrogens with one attached hydrogen (secondary N) is 2. The highest BCUT2D eigenvalue weighted by Crippen LogP contribution is 2.16. The van der Waals surface area contributed by atoms with Crippen LogP contribution in [0.5, 0.6) is 0 Å². The molecule has 0 bridgehead atoms. The second-order valence-corrected chi connectivity index (χ2v) is 4.72. The van der Waals surface area contributed by atoms with Crippen LogP contribution < -0.4 is 10.6 Å². The average molecular weight is 294 g/mol. The van der Waals surface area contributed by atoms with Gasteiger partial charge in [0.15, 0.2) is 0 Å². The minimum absolute atomic E-state index is 0.0977. The fourth-order valence-electron chi connectivity index (χ4n) is 1.50. The van der Waals surface area contributed by atoms with Gasteiger partial charge in [0.25, 0.3) is 0 Å². The van der Waals surface area contributed by atoms with E-state index in [0.717, 1.165) is 23.8 Å². The highest BCUT2D eigenvalue weighted by molar-refractivity contribution is 7.07. The molecule has 5 nitrogen and oxygen atoms in total. The molecular weight excluding hydrogens is 283 g/mol. The van der Waals surface area contributed by atoms with Gasteiger partial charge in [0.2, 0.25) is 0 Å². The number of thiophene rings is 1. The van der Waals surface area contributed by atoms with Crippen molar-refractivity contribution in [3.8, 4) is 0 Å². The van der Waals surface area contributed by atoms with Crippen molar-refractivity contribution in [2.75, 3.05) is 5.32 Å². The summed E-state index contributed by atoms with van der Waals surface area (Å²) >= 11 is 1.51. The van der Waals surface area contributed by atoms with Crippen molar-refractivity contribution in [2.24, 2.45) is 0 Å². The summed E-state index contributed by atoms with van der Waals surface area (Å²) in [6.07, 6.45) is 0. The van der Waals surface area contributed by atoms with Gasteiger partial charge in [0.1, 0.15) is 5.82 Å². The van der Waals surface area contributed by atoms with Gasteiger partial charge < -0.3 is 15.7 Å². The number of urea groups is 1.